The molecule has 1 N–H and O–H groups in total. The zero-order valence-electron chi connectivity index (χ0n) is 11.9. The quantitative estimate of drug-likeness (QED) is 0.718. The smallest absolute Gasteiger partial charge is 0.268 e. The van der Waals surface area contributed by atoms with Crippen molar-refractivity contribution < 1.29 is 13.6 Å². The van der Waals surface area contributed by atoms with Gasteiger partial charge in [-0.3, -0.25) is 4.79 Å². The largest absolute Gasteiger partial charge is 0.349 e. The van der Waals surface area contributed by atoms with Crippen molar-refractivity contribution in [3.05, 3.63) is 58.7 Å². The number of halogens is 3. The van der Waals surface area contributed by atoms with Crippen molar-refractivity contribution in [1.82, 2.24) is 9.88 Å². The van der Waals surface area contributed by atoms with Crippen molar-refractivity contribution in [2.45, 2.75) is 6.54 Å². The normalized spacial score (nSPS) is 14.0. The molecule has 3 nitrogen and oxygen atoms in total. The molecular weight excluding hydrogens is 322 g/mol. The second-order valence-electron chi connectivity index (χ2n) is 5.43. The Morgan fingerprint density at radius 3 is 2.61 bits per heavy atom. The van der Waals surface area contributed by atoms with E-state index in [0.717, 1.165) is 6.07 Å². The number of carbonyl (C=O) groups is 1. The molecule has 0 saturated heterocycles. The predicted octanol–water partition coefficient (Wildman–Crippen LogP) is 3.98. The number of aromatic nitrogens is 1. The summed E-state index contributed by atoms with van der Waals surface area (Å²) in [4.78, 5) is 12.0. The maximum atomic E-state index is 14.5. The molecular formula is C17H11ClF2N2O. The molecule has 4 rings (SSSR count). The number of nitrogens with zero attached hydrogens (tertiary/aromatic N) is 1. The Labute approximate surface area is 135 Å². The number of nitrogens with one attached hydrogen (secondary N) is 1. The summed E-state index contributed by atoms with van der Waals surface area (Å²) < 4.78 is 30.3. The van der Waals surface area contributed by atoms with E-state index in [2.05, 4.69) is 5.32 Å². The van der Waals surface area contributed by atoms with Crippen molar-refractivity contribution >= 4 is 28.4 Å². The van der Waals surface area contributed by atoms with Crippen LogP contribution in [0.3, 0.4) is 0 Å². The monoisotopic (exact) mass is 332 g/mol. The van der Waals surface area contributed by atoms with Crippen LogP contribution >= 0.6 is 11.6 Å². The van der Waals surface area contributed by atoms with Gasteiger partial charge in [0.25, 0.3) is 5.91 Å². The van der Waals surface area contributed by atoms with Gasteiger partial charge in [0.05, 0.1) is 5.52 Å². The Hall–Kier alpha value is -2.40. The highest BCUT2D eigenvalue weighted by Crippen LogP contribution is 2.36. The second-order valence-corrected chi connectivity index (χ2v) is 5.87. The van der Waals surface area contributed by atoms with E-state index < -0.39 is 11.6 Å². The first kappa shape index (κ1) is 14.2. The number of carbonyl (C=O) groups excluding carboxylic acids is 1. The first-order chi connectivity index (χ1) is 11.1. The number of hydrogen-bond donors (Lipinski definition) is 1. The first-order valence-corrected chi connectivity index (χ1v) is 7.49. The van der Waals surface area contributed by atoms with E-state index in [-0.39, 0.29) is 11.5 Å². The number of amides is 1. The summed E-state index contributed by atoms with van der Waals surface area (Å²) in [6, 6.07) is 9.25. The molecule has 0 fully saturated rings. The van der Waals surface area contributed by atoms with Gasteiger partial charge in [0.15, 0.2) is 11.6 Å². The third-order valence-electron chi connectivity index (χ3n) is 4.06. The summed E-state index contributed by atoms with van der Waals surface area (Å²) >= 11 is 5.88. The molecule has 0 aliphatic carbocycles. The van der Waals surface area contributed by atoms with Crippen LogP contribution in [0.1, 0.15) is 10.5 Å². The lowest BCUT2D eigenvalue weighted by Gasteiger charge is -2.18. The maximum absolute atomic E-state index is 14.5. The van der Waals surface area contributed by atoms with Crippen LogP contribution in [-0.4, -0.2) is 17.0 Å². The van der Waals surface area contributed by atoms with E-state index in [0.29, 0.717) is 40.3 Å². The van der Waals surface area contributed by atoms with Gasteiger partial charge in [-0.1, -0.05) is 23.7 Å². The maximum Gasteiger partial charge on any atom is 0.268 e. The Morgan fingerprint density at radius 1 is 1.13 bits per heavy atom. The minimum absolute atomic E-state index is 0.151. The molecule has 23 heavy (non-hydrogen) atoms. The fourth-order valence-electron chi connectivity index (χ4n) is 3.05. The van der Waals surface area contributed by atoms with Crippen LogP contribution in [0.4, 0.5) is 8.78 Å². The fourth-order valence-corrected chi connectivity index (χ4v) is 3.18. The van der Waals surface area contributed by atoms with Gasteiger partial charge < -0.3 is 9.88 Å². The van der Waals surface area contributed by atoms with Gasteiger partial charge in [-0.05, 0) is 29.8 Å². The highest BCUT2D eigenvalue weighted by atomic mass is 35.5. The van der Waals surface area contributed by atoms with Crippen LogP contribution in [0.15, 0.2) is 36.4 Å². The molecule has 0 spiro atoms. The average molecular weight is 333 g/mol. The zero-order chi connectivity index (χ0) is 16.1. The molecule has 116 valence electrons. The summed E-state index contributed by atoms with van der Waals surface area (Å²) in [6.07, 6.45) is 0. The third kappa shape index (κ3) is 2.11. The molecule has 1 amide bonds. The highest BCUT2D eigenvalue weighted by Gasteiger charge is 2.25. The molecule has 2 heterocycles. The molecule has 0 bridgehead atoms. The van der Waals surface area contributed by atoms with Gasteiger partial charge in [0.2, 0.25) is 0 Å². The van der Waals surface area contributed by atoms with Crippen molar-refractivity contribution in [3.63, 3.8) is 0 Å². The van der Waals surface area contributed by atoms with Gasteiger partial charge in [-0.25, -0.2) is 8.78 Å². The lowest BCUT2D eigenvalue weighted by atomic mass is 10.0. The van der Waals surface area contributed by atoms with E-state index in [1.54, 1.807) is 34.9 Å². The Bertz CT molecular complexity index is 948. The van der Waals surface area contributed by atoms with E-state index in [9.17, 15) is 13.6 Å². The minimum Gasteiger partial charge on any atom is -0.349 e. The van der Waals surface area contributed by atoms with E-state index in [1.807, 2.05) is 0 Å². The SMILES string of the molecule is O=C1NCCn2c1cc1cc(F)c(F)c(-c3ccc(Cl)cc3)c12. The van der Waals surface area contributed by atoms with Crippen LogP contribution in [0, 0.1) is 11.6 Å². The molecule has 3 aromatic rings. The molecule has 0 saturated carbocycles. The number of benzene rings is 2. The van der Waals surface area contributed by atoms with Crippen LogP contribution in [0.25, 0.3) is 22.0 Å². The van der Waals surface area contributed by atoms with Crippen LogP contribution < -0.4 is 5.32 Å². The van der Waals surface area contributed by atoms with Gasteiger partial charge >= 0.3 is 0 Å². The summed E-state index contributed by atoms with van der Waals surface area (Å²) in [6.45, 7) is 0.963. The van der Waals surface area contributed by atoms with E-state index in [1.165, 1.54) is 0 Å². The molecule has 2 aromatic carbocycles. The molecule has 0 unspecified atom stereocenters. The van der Waals surface area contributed by atoms with E-state index >= 15 is 0 Å². The van der Waals surface area contributed by atoms with Gasteiger partial charge in [0, 0.05) is 29.1 Å². The van der Waals surface area contributed by atoms with Crippen molar-refractivity contribution in [2.24, 2.45) is 0 Å². The van der Waals surface area contributed by atoms with Crippen LogP contribution in [0.5, 0.6) is 0 Å². The minimum atomic E-state index is -0.939. The Kier molecular flexibility index (Phi) is 3.13. The number of rotatable bonds is 1. The first-order valence-electron chi connectivity index (χ1n) is 7.11. The third-order valence-corrected chi connectivity index (χ3v) is 4.31. The van der Waals surface area contributed by atoms with Crippen LogP contribution in [-0.2, 0) is 6.54 Å². The molecule has 1 aliphatic heterocycles. The van der Waals surface area contributed by atoms with Gasteiger partial charge in [0.1, 0.15) is 5.69 Å². The van der Waals surface area contributed by atoms with Crippen molar-refractivity contribution in [2.75, 3.05) is 6.54 Å². The lowest BCUT2D eigenvalue weighted by Crippen LogP contribution is -2.34. The standard InChI is InChI=1S/C17H11ClF2N2O/c18-11-3-1-9(2-4-11)14-15(20)12(19)7-10-8-13-17(23)21-5-6-22(13)16(10)14/h1-4,7-8H,5-6H2,(H,21,23). The fraction of sp³-hybridized carbons (Fsp3) is 0.118. The Morgan fingerprint density at radius 2 is 1.87 bits per heavy atom. The van der Waals surface area contributed by atoms with Gasteiger partial charge in [-0.15, -0.1) is 0 Å². The summed E-state index contributed by atoms with van der Waals surface area (Å²) in [5.74, 6) is -2.10. The molecule has 0 atom stereocenters. The molecule has 1 aromatic heterocycles. The number of hydrogen-bond acceptors (Lipinski definition) is 1. The average Bonchev–Trinajstić information content (AvgIpc) is 2.89. The predicted molar refractivity (Wildman–Crippen MR) is 84.6 cm³/mol. The highest BCUT2D eigenvalue weighted by molar-refractivity contribution is 6.30. The molecule has 0 radical (unpaired) electrons. The van der Waals surface area contributed by atoms with Gasteiger partial charge in [-0.2, -0.15) is 0 Å². The second kappa shape index (κ2) is 5.06. The molecule has 1 aliphatic rings. The number of fused-ring (bicyclic) bond motifs is 3. The van der Waals surface area contributed by atoms with Crippen molar-refractivity contribution in [3.8, 4) is 11.1 Å². The Balaban J connectivity index is 2.11. The summed E-state index contributed by atoms with van der Waals surface area (Å²) in [5.41, 5.74) is 1.60. The van der Waals surface area contributed by atoms with E-state index in [4.69, 9.17) is 11.6 Å². The zero-order valence-corrected chi connectivity index (χ0v) is 12.6. The topological polar surface area (TPSA) is 34.0 Å². The lowest BCUT2D eigenvalue weighted by molar-refractivity contribution is 0.0929. The summed E-state index contributed by atoms with van der Waals surface area (Å²) in [7, 11) is 0. The van der Waals surface area contributed by atoms with Crippen molar-refractivity contribution in [1.29, 1.82) is 0 Å². The van der Waals surface area contributed by atoms with Crippen LogP contribution in [0.2, 0.25) is 5.02 Å². The molecule has 6 heteroatoms. The summed E-state index contributed by atoms with van der Waals surface area (Å²) in [5, 5.41) is 3.74.